The number of amides is 5. The standard InChI is InChI=1S/C20H27NO10S2.C9H12N2O4.C6H8O3S2.C4H6O3.C2H2/c22-8-2-10-29-19(27)31-12-20(13-32-33-14-20)11-30-18(26)28-9-1-3-15(23)6-7-21-16(24)4-5-17(21)25;12-6-4-10-7(13)3-5-11-8(14)1-2-9(11)15;7-5-8-1-6(2-9-5)3-10-11-4-6;5-4-6-2-1-3-7-4;1-2/h4-5,22H,1-3,6-14H2;1-2,12H,3-6H2,(H,10,13);1-4H2;1-3H2;1-2H/i;;;;1D. The van der Waals surface area contributed by atoms with Crippen LogP contribution in [0.15, 0.2) is 24.3 Å². The fourth-order valence-corrected chi connectivity index (χ4v) is 12.0. The van der Waals surface area contributed by atoms with Crippen molar-refractivity contribution in [2.75, 3.05) is 109 Å². The van der Waals surface area contributed by atoms with Crippen LogP contribution in [0, 0.1) is 23.7 Å². The molecule has 6 heterocycles. The zero-order valence-corrected chi connectivity index (χ0v) is 40.2. The highest BCUT2D eigenvalue weighted by Gasteiger charge is 2.42. The van der Waals surface area contributed by atoms with Gasteiger partial charge in [0.15, 0.2) is 0 Å². The first-order valence-electron chi connectivity index (χ1n) is 21.2. The number of cyclic esters (lactones) is 4. The zero-order valence-electron chi connectivity index (χ0n) is 37.9. The van der Waals surface area contributed by atoms with E-state index in [0.717, 1.165) is 39.9 Å². The number of hydrogen-bond acceptors (Lipinski definition) is 24. The van der Waals surface area contributed by atoms with Gasteiger partial charge in [-0.2, -0.15) is 0 Å². The average molecular weight is 1040 g/mol. The maximum Gasteiger partial charge on any atom is 0.508 e. The number of aliphatic hydroxyl groups is 2. The number of terminal acetylenes is 1. The molecule has 0 unspecified atom stereocenters. The number of aliphatic hydroxyl groups excluding tert-OH is 2. The topological polar surface area (TPSA) is 304 Å². The monoisotopic (exact) mass is 1040 g/mol. The molecule has 0 bridgehead atoms. The Labute approximate surface area is 409 Å². The van der Waals surface area contributed by atoms with E-state index in [9.17, 15) is 47.9 Å². The van der Waals surface area contributed by atoms with E-state index in [-0.39, 0.29) is 102 Å². The summed E-state index contributed by atoms with van der Waals surface area (Å²) in [7, 11) is 6.81. The number of ether oxygens (including phenoxy) is 8. The van der Waals surface area contributed by atoms with Gasteiger partial charge in [-0.25, -0.2) is 19.2 Å². The molecule has 27 heteroatoms. The molecule has 378 valence electrons. The van der Waals surface area contributed by atoms with Gasteiger partial charge in [-0.1, -0.05) is 43.2 Å². The molecule has 6 aliphatic heterocycles. The maximum absolute atomic E-state index is 11.9. The zero-order chi connectivity index (χ0) is 50.9. The molecule has 23 nitrogen and oxygen atoms in total. The molecule has 68 heavy (non-hydrogen) atoms. The summed E-state index contributed by atoms with van der Waals surface area (Å²) in [4.78, 5) is 114. The molecule has 3 N–H and O–H groups in total. The molecule has 0 aromatic rings. The third kappa shape index (κ3) is 23.2. The lowest BCUT2D eigenvalue weighted by molar-refractivity contribution is -0.139. The van der Waals surface area contributed by atoms with Gasteiger partial charge in [-0.3, -0.25) is 38.6 Å². The van der Waals surface area contributed by atoms with E-state index in [4.69, 9.17) is 40.0 Å². The minimum Gasteiger partial charge on any atom is -0.434 e. The van der Waals surface area contributed by atoms with Crippen LogP contribution < -0.4 is 5.32 Å². The number of nitrogens with zero attached hydrogens (tertiary/aromatic N) is 2. The number of rotatable bonds is 19. The van der Waals surface area contributed by atoms with E-state index in [2.05, 4.69) is 21.2 Å². The Morgan fingerprint density at radius 1 is 0.662 bits per heavy atom. The van der Waals surface area contributed by atoms with Crippen LogP contribution in [-0.4, -0.2) is 189 Å². The van der Waals surface area contributed by atoms with Crippen LogP contribution >= 0.6 is 43.2 Å². The highest BCUT2D eigenvalue weighted by molar-refractivity contribution is 8.77. The summed E-state index contributed by atoms with van der Waals surface area (Å²) >= 11 is 0. The molecule has 0 atom stereocenters. The Morgan fingerprint density at radius 3 is 1.57 bits per heavy atom. The van der Waals surface area contributed by atoms with Gasteiger partial charge >= 0.3 is 24.6 Å². The van der Waals surface area contributed by atoms with Gasteiger partial charge in [0.2, 0.25) is 5.91 Å². The molecule has 0 saturated carbocycles. The Morgan fingerprint density at radius 2 is 1.12 bits per heavy atom. The van der Waals surface area contributed by atoms with E-state index < -0.39 is 53.7 Å². The number of nitrogens with one attached hydrogen (secondary N) is 1. The SMILES string of the molecule is O=C(CCCOC(=O)OCC1(COC(=O)OCCCO)CSSC1)CCN1C(=O)C=CC1=O.O=C(CCN1C(=O)C=CC1=O)NCCO.O=C1OCC2(CO1)CSSC2.O=C1OCCCO1.[2H]C#C. The van der Waals surface area contributed by atoms with Crippen LogP contribution in [0.2, 0.25) is 0 Å². The normalized spacial score (nSPS) is 18.2. The molecule has 6 aliphatic rings. The van der Waals surface area contributed by atoms with E-state index in [0.29, 0.717) is 44.4 Å². The average Bonchev–Trinajstić information content (AvgIpc) is 4.15. The summed E-state index contributed by atoms with van der Waals surface area (Å²) in [5, 5.41) is 19.6. The van der Waals surface area contributed by atoms with Gasteiger partial charge in [0, 0.05) is 106 Å². The third-order valence-electron chi connectivity index (χ3n) is 9.09. The second-order valence-electron chi connectivity index (χ2n) is 14.6. The highest BCUT2D eigenvalue weighted by atomic mass is 33.1. The third-order valence-corrected chi connectivity index (χ3v) is 14.8. The molecular formula is C41H55N3O20S4. The van der Waals surface area contributed by atoms with Crippen molar-refractivity contribution >= 4 is 103 Å². The predicted octanol–water partition coefficient (Wildman–Crippen LogP) is 2.46. The van der Waals surface area contributed by atoms with Gasteiger partial charge < -0.3 is 53.4 Å². The molecule has 4 saturated heterocycles. The van der Waals surface area contributed by atoms with Crippen molar-refractivity contribution in [1.82, 2.24) is 15.1 Å². The first-order valence-corrected chi connectivity index (χ1v) is 25.7. The van der Waals surface area contributed by atoms with Crippen molar-refractivity contribution in [3.63, 3.8) is 0 Å². The van der Waals surface area contributed by atoms with Crippen LogP contribution in [-0.2, 0) is 66.7 Å². The number of imide groups is 2. The number of carbonyl (C=O) groups is 10. The molecule has 4 fully saturated rings. The molecule has 6 rings (SSSR count). The Hall–Kier alpha value is -5.14. The minimum absolute atomic E-state index is 0.000606. The highest BCUT2D eigenvalue weighted by Crippen LogP contribution is 2.45. The molecule has 0 aromatic carbocycles. The molecule has 1 spiro atoms. The lowest BCUT2D eigenvalue weighted by Crippen LogP contribution is -2.41. The summed E-state index contributed by atoms with van der Waals surface area (Å²) in [6.07, 6.45) is 9.34. The molecule has 0 aromatic heterocycles. The Balaban J connectivity index is 0.000000367. The van der Waals surface area contributed by atoms with Gasteiger partial charge in [0.25, 0.3) is 23.6 Å². The number of Topliss-reactive ketones (excluding diaryl/α,β-unsaturated/α-hetero) is 1. The molecule has 5 amide bonds. The van der Waals surface area contributed by atoms with Gasteiger partial charge in [0.05, 0.1) is 43.9 Å². The second kappa shape index (κ2) is 33.4. The number of ketones is 1. The molecule has 0 aliphatic carbocycles. The number of hydrogen-bond donors (Lipinski definition) is 3. The Kier molecular flexibility index (Phi) is 28.1. The fourth-order valence-electron chi connectivity index (χ4n) is 5.36. The van der Waals surface area contributed by atoms with Crippen molar-refractivity contribution in [2.24, 2.45) is 10.8 Å². The van der Waals surface area contributed by atoms with E-state index >= 15 is 0 Å². The van der Waals surface area contributed by atoms with Crippen molar-refractivity contribution in [1.29, 1.82) is 0 Å². The maximum atomic E-state index is 11.9. The fraction of sp³-hybridized carbons (Fsp3) is 0.610. The molecule has 0 radical (unpaired) electrons. The number of carbonyl (C=O) groups excluding carboxylic acids is 10. The summed E-state index contributed by atoms with van der Waals surface area (Å²) < 4.78 is 44.3. The van der Waals surface area contributed by atoms with Crippen molar-refractivity contribution < 1.29 is 97.4 Å². The van der Waals surface area contributed by atoms with Crippen LogP contribution in [0.5, 0.6) is 0 Å². The first kappa shape index (κ1) is 57.2. The summed E-state index contributed by atoms with van der Waals surface area (Å²) in [6, 6.07) is 0. The smallest absolute Gasteiger partial charge is 0.434 e. The predicted molar refractivity (Wildman–Crippen MR) is 245 cm³/mol. The summed E-state index contributed by atoms with van der Waals surface area (Å²) in [6.45, 7) is 2.21. The summed E-state index contributed by atoms with van der Waals surface area (Å²) in [5.41, 5.74) is -0.442. The van der Waals surface area contributed by atoms with E-state index in [1.54, 1.807) is 21.6 Å². The Bertz CT molecular complexity index is 1800. The lowest BCUT2D eigenvalue weighted by Gasteiger charge is -2.29. The van der Waals surface area contributed by atoms with Crippen LogP contribution in [0.4, 0.5) is 19.2 Å². The van der Waals surface area contributed by atoms with Crippen molar-refractivity contribution in [2.45, 2.75) is 38.5 Å². The summed E-state index contributed by atoms with van der Waals surface area (Å²) in [5.74, 6) is 1.19. The van der Waals surface area contributed by atoms with Crippen molar-refractivity contribution in [3.8, 4) is 12.8 Å². The van der Waals surface area contributed by atoms with E-state index in [1.165, 1.54) is 18.6 Å². The van der Waals surface area contributed by atoms with Gasteiger partial charge in [0.1, 0.15) is 33.6 Å². The van der Waals surface area contributed by atoms with Gasteiger partial charge in [-0.15, -0.1) is 12.8 Å². The van der Waals surface area contributed by atoms with E-state index in [1.807, 2.05) is 21.6 Å². The quantitative estimate of drug-likeness (QED) is 0.0418. The minimum atomic E-state index is -0.881. The van der Waals surface area contributed by atoms with Crippen molar-refractivity contribution in [3.05, 3.63) is 24.3 Å². The largest absolute Gasteiger partial charge is 0.508 e. The lowest BCUT2D eigenvalue weighted by atomic mass is 9.95. The second-order valence-corrected chi connectivity index (χ2v) is 19.5. The van der Waals surface area contributed by atoms with Gasteiger partial charge in [-0.05, 0) is 6.42 Å². The van der Waals surface area contributed by atoms with Crippen LogP contribution in [0.25, 0.3) is 0 Å². The molecular weight excluding hydrogens is 983 g/mol. The first-order chi connectivity index (χ1) is 33.1. The van der Waals surface area contributed by atoms with Crippen LogP contribution in [0.1, 0.15) is 39.9 Å². The van der Waals surface area contributed by atoms with Crippen LogP contribution in [0.3, 0.4) is 0 Å².